The third kappa shape index (κ3) is 2.17. The van der Waals surface area contributed by atoms with E-state index in [0.29, 0.717) is 0 Å². The van der Waals surface area contributed by atoms with Crippen molar-refractivity contribution in [2.45, 2.75) is 0 Å². The Morgan fingerprint density at radius 1 is 0.913 bits per heavy atom. The second-order valence-electron chi connectivity index (χ2n) is 6.49. The van der Waals surface area contributed by atoms with Gasteiger partial charge in [0.2, 0.25) is 0 Å². The van der Waals surface area contributed by atoms with E-state index in [-0.39, 0.29) is 8.07 Å². The summed E-state index contributed by atoms with van der Waals surface area (Å²) in [5, 5.41) is 4.28. The summed E-state index contributed by atoms with van der Waals surface area (Å²) in [5.74, 6) is 0. The molecule has 0 bridgehead atoms. The highest BCUT2D eigenvalue weighted by molar-refractivity contribution is 7.65. The SMILES string of the molecule is CN1C[N+](C)(c2ccccc2)P(C)c2c1ccc1ccccc21. The van der Waals surface area contributed by atoms with Crippen molar-refractivity contribution in [1.29, 1.82) is 0 Å². The predicted molar refractivity (Wildman–Crippen MR) is 104 cm³/mol. The molecule has 1 heterocycles. The van der Waals surface area contributed by atoms with Crippen LogP contribution in [0.3, 0.4) is 0 Å². The van der Waals surface area contributed by atoms with Gasteiger partial charge in [0.15, 0.2) is 6.67 Å². The molecule has 0 aromatic heterocycles. The van der Waals surface area contributed by atoms with Gasteiger partial charge in [0, 0.05) is 13.7 Å². The molecule has 0 radical (unpaired) electrons. The van der Waals surface area contributed by atoms with Crippen LogP contribution in [0.2, 0.25) is 0 Å². The maximum atomic E-state index is 2.43. The quantitative estimate of drug-likeness (QED) is 0.595. The summed E-state index contributed by atoms with van der Waals surface area (Å²) in [6, 6.07) is 24.3. The Hall–Kier alpha value is -1.89. The number of para-hydroxylation sites is 1. The van der Waals surface area contributed by atoms with E-state index in [0.717, 1.165) is 10.9 Å². The van der Waals surface area contributed by atoms with Crippen molar-refractivity contribution in [2.75, 3.05) is 32.3 Å². The normalized spacial score (nSPS) is 23.8. The van der Waals surface area contributed by atoms with Crippen molar-refractivity contribution in [3.8, 4) is 0 Å². The summed E-state index contributed by atoms with van der Waals surface area (Å²) in [6.45, 7) is 3.44. The number of hydrogen-bond acceptors (Lipinski definition) is 1. The zero-order valence-corrected chi connectivity index (χ0v) is 14.8. The predicted octanol–water partition coefficient (Wildman–Crippen LogP) is 4.54. The molecule has 0 amide bonds. The maximum absolute atomic E-state index is 2.43. The van der Waals surface area contributed by atoms with Crippen molar-refractivity contribution in [3.05, 3.63) is 66.7 Å². The fourth-order valence-corrected chi connectivity index (χ4v) is 6.13. The lowest BCUT2D eigenvalue weighted by atomic mass is 10.1. The molecule has 3 aromatic carbocycles. The standard InChI is InChI=1S/C20H22N2P/c1-21-15-22(2,17-10-5-4-6-11-17)23(3)20-18-12-8-7-9-16(18)13-14-19(20)21/h4-14H,15H2,1-3H3/q+1. The van der Waals surface area contributed by atoms with E-state index < -0.39 is 0 Å². The van der Waals surface area contributed by atoms with Gasteiger partial charge in [0.25, 0.3) is 0 Å². The summed E-state index contributed by atoms with van der Waals surface area (Å²) in [4.78, 5) is 2.41. The first kappa shape index (κ1) is 14.7. The highest BCUT2D eigenvalue weighted by Gasteiger charge is 2.42. The molecule has 0 aliphatic carbocycles. The van der Waals surface area contributed by atoms with Crippen LogP contribution in [0.1, 0.15) is 0 Å². The Bertz CT molecular complexity index is 862. The lowest BCUT2D eigenvalue weighted by molar-refractivity contribution is 0.527. The average molecular weight is 321 g/mol. The smallest absolute Gasteiger partial charge is 0.160 e. The van der Waals surface area contributed by atoms with E-state index >= 15 is 0 Å². The fraction of sp³-hybridized carbons (Fsp3) is 0.200. The summed E-state index contributed by atoms with van der Waals surface area (Å²) < 4.78 is 0.966. The van der Waals surface area contributed by atoms with Crippen LogP contribution in [0.4, 0.5) is 11.4 Å². The number of nitrogens with zero attached hydrogens (tertiary/aromatic N) is 2. The van der Waals surface area contributed by atoms with Crippen molar-refractivity contribution in [3.63, 3.8) is 0 Å². The Labute approximate surface area is 139 Å². The first-order valence-corrected chi connectivity index (χ1v) is 9.74. The Morgan fingerprint density at radius 3 is 2.39 bits per heavy atom. The third-order valence-electron chi connectivity index (χ3n) is 5.08. The molecular formula is C20H22N2P+. The Morgan fingerprint density at radius 2 is 1.61 bits per heavy atom. The van der Waals surface area contributed by atoms with Crippen LogP contribution in [0.25, 0.3) is 10.8 Å². The molecule has 0 spiro atoms. The van der Waals surface area contributed by atoms with Gasteiger partial charge in [-0.25, -0.2) is 0 Å². The molecule has 2 nitrogen and oxygen atoms in total. The number of hydrogen-bond donors (Lipinski definition) is 0. The van der Waals surface area contributed by atoms with Crippen molar-refractivity contribution < 1.29 is 0 Å². The van der Waals surface area contributed by atoms with Crippen LogP contribution < -0.4 is 14.5 Å². The Kier molecular flexibility index (Phi) is 3.41. The zero-order chi connectivity index (χ0) is 16.0. The van der Waals surface area contributed by atoms with E-state index in [9.17, 15) is 0 Å². The average Bonchev–Trinajstić information content (AvgIpc) is 2.59. The molecule has 1 aliphatic heterocycles. The number of benzene rings is 3. The van der Waals surface area contributed by atoms with Gasteiger partial charge in [-0.15, -0.1) is 0 Å². The minimum absolute atomic E-state index is 0.360. The van der Waals surface area contributed by atoms with E-state index in [1.807, 2.05) is 0 Å². The van der Waals surface area contributed by atoms with Gasteiger partial charge in [-0.1, -0.05) is 48.5 Å². The third-order valence-corrected chi connectivity index (χ3v) is 7.88. The number of anilines is 1. The van der Waals surface area contributed by atoms with Gasteiger partial charge in [-0.05, 0) is 29.0 Å². The molecule has 0 saturated carbocycles. The molecule has 1 aliphatic rings. The molecular weight excluding hydrogens is 299 g/mol. The second-order valence-corrected chi connectivity index (χ2v) is 8.87. The molecule has 0 N–H and O–H groups in total. The van der Waals surface area contributed by atoms with Crippen molar-refractivity contribution in [1.82, 2.24) is 4.25 Å². The van der Waals surface area contributed by atoms with Gasteiger partial charge in [0.1, 0.15) is 13.8 Å². The zero-order valence-electron chi connectivity index (χ0n) is 13.9. The number of quaternary nitrogens is 1. The fourth-order valence-electron chi connectivity index (χ4n) is 3.70. The van der Waals surface area contributed by atoms with E-state index in [2.05, 4.69) is 92.4 Å². The topological polar surface area (TPSA) is 3.24 Å². The van der Waals surface area contributed by atoms with Crippen molar-refractivity contribution in [2.24, 2.45) is 0 Å². The lowest BCUT2D eigenvalue weighted by Crippen LogP contribution is -2.53. The summed E-state index contributed by atoms with van der Waals surface area (Å²) in [5.41, 5.74) is 2.79. The van der Waals surface area contributed by atoms with Crippen LogP contribution in [0.5, 0.6) is 0 Å². The molecule has 116 valence electrons. The molecule has 23 heavy (non-hydrogen) atoms. The molecule has 2 unspecified atom stereocenters. The number of fused-ring (bicyclic) bond motifs is 3. The van der Waals surface area contributed by atoms with E-state index in [1.165, 1.54) is 27.5 Å². The number of rotatable bonds is 1. The van der Waals surface area contributed by atoms with Crippen LogP contribution in [-0.4, -0.2) is 27.4 Å². The van der Waals surface area contributed by atoms with Crippen LogP contribution in [0.15, 0.2) is 66.7 Å². The van der Waals surface area contributed by atoms with Gasteiger partial charge >= 0.3 is 0 Å². The lowest BCUT2D eigenvalue weighted by Gasteiger charge is -2.46. The van der Waals surface area contributed by atoms with Gasteiger partial charge in [-0.3, -0.25) is 4.25 Å². The van der Waals surface area contributed by atoms with Gasteiger partial charge in [-0.2, -0.15) is 0 Å². The first-order chi connectivity index (χ1) is 11.1. The monoisotopic (exact) mass is 321 g/mol. The molecule has 2 atom stereocenters. The van der Waals surface area contributed by atoms with E-state index in [4.69, 9.17) is 0 Å². The van der Waals surface area contributed by atoms with E-state index in [1.54, 1.807) is 0 Å². The summed E-state index contributed by atoms with van der Waals surface area (Å²) in [7, 11) is 4.24. The second kappa shape index (κ2) is 5.33. The van der Waals surface area contributed by atoms with Gasteiger partial charge < -0.3 is 4.90 Å². The maximum Gasteiger partial charge on any atom is 0.160 e. The van der Waals surface area contributed by atoms with Crippen LogP contribution >= 0.6 is 8.07 Å². The molecule has 0 fully saturated rings. The molecule has 3 heteroatoms. The highest BCUT2D eigenvalue weighted by atomic mass is 31.1. The van der Waals surface area contributed by atoms with Gasteiger partial charge in [0.05, 0.1) is 18.0 Å². The largest absolute Gasteiger partial charge is 0.327 e. The van der Waals surface area contributed by atoms with Crippen LogP contribution in [-0.2, 0) is 0 Å². The molecule has 4 rings (SSSR count). The summed E-state index contributed by atoms with van der Waals surface area (Å²) in [6.07, 6.45) is 0. The highest BCUT2D eigenvalue weighted by Crippen LogP contribution is 2.52. The minimum atomic E-state index is -0.360. The molecule has 0 saturated heterocycles. The molecule has 3 aromatic rings. The minimum Gasteiger partial charge on any atom is -0.327 e. The Balaban J connectivity index is 1.97. The van der Waals surface area contributed by atoms with Crippen molar-refractivity contribution >= 4 is 35.5 Å². The first-order valence-electron chi connectivity index (χ1n) is 7.99. The summed E-state index contributed by atoms with van der Waals surface area (Å²) >= 11 is 0. The van der Waals surface area contributed by atoms with Crippen LogP contribution in [0, 0.1) is 0 Å².